The van der Waals surface area contributed by atoms with Crippen LogP contribution in [0.2, 0.25) is 0 Å². The molecule has 43 heavy (non-hydrogen) atoms. The summed E-state index contributed by atoms with van der Waals surface area (Å²) in [7, 11) is 0. The summed E-state index contributed by atoms with van der Waals surface area (Å²) in [5, 5.41) is 0. The maximum absolute atomic E-state index is 4.74. The van der Waals surface area contributed by atoms with Crippen LogP contribution in [0, 0.1) is 12.1 Å². The molecule has 0 unspecified atom stereocenters. The molecule has 6 aliphatic carbocycles. The van der Waals surface area contributed by atoms with E-state index in [0.29, 0.717) is 0 Å². The maximum Gasteiger partial charge on any atom is 0.0166 e. The van der Waals surface area contributed by atoms with Crippen LogP contribution >= 0.6 is 0 Å². The second-order valence-corrected chi connectivity index (χ2v) is 12.6. The second-order valence-electron chi connectivity index (χ2n) is 12.6. The number of benzene rings is 3. The number of hydrogen-bond acceptors (Lipinski definition) is 2. The van der Waals surface area contributed by atoms with Crippen LogP contribution in [-0.4, -0.2) is 9.97 Å². The minimum atomic E-state index is 0. The first-order chi connectivity index (χ1) is 20.8. The summed E-state index contributed by atoms with van der Waals surface area (Å²) in [6, 6.07) is 36.8. The number of pyridine rings is 2. The Balaban J connectivity index is 0.000000195. The van der Waals surface area contributed by atoms with Gasteiger partial charge in [-0.05, 0) is 102 Å². The van der Waals surface area contributed by atoms with E-state index < -0.39 is 0 Å². The molecule has 2 fully saturated rings. The monoisotopic (exact) mass is 737 g/mol. The molecule has 0 N–H and O–H groups in total. The first kappa shape index (κ1) is 28.4. The van der Waals surface area contributed by atoms with Gasteiger partial charge in [0.1, 0.15) is 0 Å². The van der Waals surface area contributed by atoms with Crippen LogP contribution < -0.4 is 0 Å². The Morgan fingerprint density at radius 2 is 1.14 bits per heavy atom. The van der Waals surface area contributed by atoms with E-state index >= 15 is 0 Å². The molecule has 217 valence electrons. The van der Waals surface area contributed by atoms with Gasteiger partial charge < -0.3 is 9.97 Å². The zero-order valence-electron chi connectivity index (χ0n) is 24.4. The van der Waals surface area contributed by atoms with Gasteiger partial charge in [-0.2, -0.15) is 0 Å². The summed E-state index contributed by atoms with van der Waals surface area (Å²) < 4.78 is 0. The molecular formula is C40H36IrN2-2. The van der Waals surface area contributed by atoms with E-state index in [1.165, 1.54) is 68.1 Å². The summed E-state index contributed by atoms with van der Waals surface area (Å²) in [5.41, 5.74) is 13.3. The van der Waals surface area contributed by atoms with Crippen LogP contribution in [0.25, 0.3) is 33.6 Å². The Morgan fingerprint density at radius 3 is 1.84 bits per heavy atom. The van der Waals surface area contributed by atoms with E-state index in [2.05, 4.69) is 59.6 Å². The minimum absolute atomic E-state index is 0. The molecule has 0 aliphatic heterocycles. The van der Waals surface area contributed by atoms with Crippen molar-refractivity contribution in [2.45, 2.75) is 75.0 Å². The normalized spacial score (nSPS) is 22.4. The third kappa shape index (κ3) is 5.54. The van der Waals surface area contributed by atoms with E-state index in [4.69, 9.17) is 4.98 Å². The van der Waals surface area contributed by atoms with Gasteiger partial charge in [0, 0.05) is 32.5 Å². The van der Waals surface area contributed by atoms with Crippen molar-refractivity contribution in [2.75, 3.05) is 0 Å². The molecule has 4 bridgehead atoms. The molecule has 0 spiro atoms. The molecule has 5 aromatic rings. The molecule has 11 rings (SSSR count). The number of hydrogen-bond donors (Lipinski definition) is 0. The number of aromatic nitrogens is 2. The molecular weight excluding hydrogens is 701 g/mol. The third-order valence-electron chi connectivity index (χ3n) is 10.3. The third-order valence-corrected chi connectivity index (χ3v) is 10.3. The van der Waals surface area contributed by atoms with E-state index in [1.807, 2.05) is 48.7 Å². The molecule has 3 aromatic carbocycles. The molecule has 3 heteroatoms. The van der Waals surface area contributed by atoms with E-state index in [1.54, 1.807) is 28.5 Å². The number of rotatable bonds is 3. The van der Waals surface area contributed by atoms with Gasteiger partial charge in [0.05, 0.1) is 0 Å². The van der Waals surface area contributed by atoms with Crippen LogP contribution in [0.3, 0.4) is 0 Å². The fourth-order valence-corrected chi connectivity index (χ4v) is 8.12. The van der Waals surface area contributed by atoms with E-state index in [-0.39, 0.29) is 20.1 Å². The SMILES string of the molecule is [Ir].[c-]1cc2c(cc1-c1cc(-c3ccc4c(c3)C3CCC4CC3)ccn1)C1CCC2CC1.[c-]1ccccc1-c1ccccn1. The fourth-order valence-electron chi connectivity index (χ4n) is 8.12. The van der Waals surface area contributed by atoms with Crippen LogP contribution in [-0.2, 0) is 20.1 Å². The van der Waals surface area contributed by atoms with Gasteiger partial charge in [0.15, 0.2) is 0 Å². The topological polar surface area (TPSA) is 25.8 Å². The summed E-state index contributed by atoms with van der Waals surface area (Å²) in [4.78, 5) is 8.96. The van der Waals surface area contributed by atoms with Gasteiger partial charge in [-0.1, -0.05) is 55.2 Å². The van der Waals surface area contributed by atoms with Crippen LogP contribution in [0.15, 0.2) is 97.3 Å². The summed E-state index contributed by atoms with van der Waals surface area (Å²) in [5.74, 6) is 3.14. The first-order valence-electron chi connectivity index (χ1n) is 15.8. The molecule has 2 heterocycles. The Hall–Kier alpha value is -3.39. The first-order valence-corrected chi connectivity index (χ1v) is 15.8. The predicted molar refractivity (Wildman–Crippen MR) is 170 cm³/mol. The van der Waals surface area contributed by atoms with Gasteiger partial charge in [-0.15, -0.1) is 70.8 Å². The standard InChI is InChI=1S/C29H28N.C11H8N.Ir/c1-5-20-6-2-18(1)25-11-9-22(15-27(20)25)23-13-14-30-29(17-23)24-10-12-26-19-3-7-21(8-4-19)28(26)16-24;1-2-6-10(7-3-1)11-8-4-5-9-12-11;/h9,11-21H,1-8H2;1-6,8-9H;/q2*-1;. The molecule has 0 atom stereocenters. The number of fused-ring (bicyclic) bond motifs is 4. The van der Waals surface area contributed by atoms with Gasteiger partial charge in [-0.25, -0.2) is 0 Å². The van der Waals surface area contributed by atoms with Crippen molar-refractivity contribution in [3.63, 3.8) is 0 Å². The van der Waals surface area contributed by atoms with Crippen molar-refractivity contribution >= 4 is 0 Å². The van der Waals surface area contributed by atoms with Gasteiger partial charge in [0.25, 0.3) is 0 Å². The molecule has 1 radical (unpaired) electrons. The predicted octanol–water partition coefficient (Wildman–Crippen LogP) is 10.3. The summed E-state index contributed by atoms with van der Waals surface area (Å²) >= 11 is 0. The molecule has 6 aliphatic rings. The summed E-state index contributed by atoms with van der Waals surface area (Å²) in [6.07, 6.45) is 14.8. The van der Waals surface area contributed by atoms with Crippen LogP contribution in [0.1, 0.15) is 97.3 Å². The summed E-state index contributed by atoms with van der Waals surface area (Å²) in [6.45, 7) is 0. The van der Waals surface area contributed by atoms with Crippen LogP contribution in [0.4, 0.5) is 0 Å². The van der Waals surface area contributed by atoms with Crippen molar-refractivity contribution < 1.29 is 20.1 Å². The van der Waals surface area contributed by atoms with Crippen molar-refractivity contribution in [3.05, 3.63) is 132 Å². The van der Waals surface area contributed by atoms with Crippen molar-refractivity contribution in [3.8, 4) is 33.6 Å². The van der Waals surface area contributed by atoms with Gasteiger partial charge in [0.2, 0.25) is 0 Å². The molecule has 0 amide bonds. The average Bonchev–Trinajstić information content (AvgIpc) is 3.10. The Kier molecular flexibility index (Phi) is 8.12. The van der Waals surface area contributed by atoms with E-state index in [9.17, 15) is 0 Å². The smallest absolute Gasteiger partial charge is 0.0166 e. The van der Waals surface area contributed by atoms with Crippen molar-refractivity contribution in [1.29, 1.82) is 0 Å². The molecule has 0 saturated heterocycles. The number of nitrogens with zero attached hydrogens (tertiary/aromatic N) is 2. The zero-order valence-corrected chi connectivity index (χ0v) is 26.8. The fraction of sp³-hybridized carbons (Fsp3) is 0.300. The Bertz CT molecular complexity index is 1570. The Morgan fingerprint density at radius 1 is 0.488 bits per heavy atom. The van der Waals surface area contributed by atoms with Crippen molar-refractivity contribution in [1.82, 2.24) is 9.97 Å². The van der Waals surface area contributed by atoms with Gasteiger partial charge in [-0.3, -0.25) is 0 Å². The van der Waals surface area contributed by atoms with E-state index in [0.717, 1.165) is 40.6 Å². The quantitative estimate of drug-likeness (QED) is 0.172. The van der Waals surface area contributed by atoms with Crippen molar-refractivity contribution in [2.24, 2.45) is 0 Å². The zero-order chi connectivity index (χ0) is 27.9. The Labute approximate surface area is 269 Å². The average molecular weight is 737 g/mol. The molecule has 2 saturated carbocycles. The van der Waals surface area contributed by atoms with Crippen LogP contribution in [0.5, 0.6) is 0 Å². The van der Waals surface area contributed by atoms with Gasteiger partial charge >= 0.3 is 0 Å². The largest absolute Gasteiger partial charge is 0.305 e. The maximum atomic E-state index is 4.74. The second kappa shape index (κ2) is 12.3. The minimum Gasteiger partial charge on any atom is -0.305 e. The molecule has 2 aromatic heterocycles. The molecule has 2 nitrogen and oxygen atoms in total.